The third kappa shape index (κ3) is 1.11. The summed E-state index contributed by atoms with van der Waals surface area (Å²) in [6.07, 6.45) is 1.43. The molecule has 1 aliphatic rings. The first kappa shape index (κ1) is 9.15. The fourth-order valence-electron chi connectivity index (χ4n) is 1.44. The van der Waals surface area contributed by atoms with Crippen LogP contribution in [0.5, 0.6) is 0 Å². The number of aromatic nitrogens is 1. The Morgan fingerprint density at radius 3 is 2.86 bits per heavy atom. The highest BCUT2D eigenvalue weighted by molar-refractivity contribution is 6.52. The van der Waals surface area contributed by atoms with Crippen molar-refractivity contribution in [2.75, 3.05) is 11.4 Å². The average Bonchev–Trinajstić information content (AvgIpc) is 2.41. The molecular formula is C9H7ClN2O2. The number of carbonyl (C=O) groups excluding carboxylic acids is 2. The molecule has 1 amide bonds. The van der Waals surface area contributed by atoms with Crippen LogP contribution in [0, 0.1) is 0 Å². The van der Waals surface area contributed by atoms with E-state index in [0.717, 1.165) is 0 Å². The van der Waals surface area contributed by atoms with Crippen LogP contribution in [0.25, 0.3) is 0 Å². The molecule has 5 heteroatoms. The lowest BCUT2D eigenvalue weighted by Crippen LogP contribution is -2.29. The van der Waals surface area contributed by atoms with Crippen LogP contribution in [0.4, 0.5) is 5.82 Å². The van der Waals surface area contributed by atoms with E-state index in [9.17, 15) is 9.59 Å². The van der Waals surface area contributed by atoms with E-state index in [1.54, 1.807) is 6.92 Å². The molecule has 1 aromatic rings. The van der Waals surface area contributed by atoms with Gasteiger partial charge in [-0.05, 0) is 13.0 Å². The highest BCUT2D eigenvalue weighted by Gasteiger charge is 2.36. The third-order valence-corrected chi connectivity index (χ3v) is 2.30. The molecule has 0 aromatic carbocycles. The molecule has 72 valence electrons. The van der Waals surface area contributed by atoms with E-state index in [1.807, 2.05) is 0 Å². The first-order valence-corrected chi connectivity index (χ1v) is 4.54. The van der Waals surface area contributed by atoms with Gasteiger partial charge >= 0.3 is 5.91 Å². The number of fused-ring (bicyclic) bond motifs is 1. The number of ketones is 1. The zero-order valence-electron chi connectivity index (χ0n) is 7.45. The minimum Gasteiger partial charge on any atom is -0.289 e. The lowest BCUT2D eigenvalue weighted by Gasteiger charge is -2.11. The predicted molar refractivity (Wildman–Crippen MR) is 51.6 cm³/mol. The molecule has 0 atom stereocenters. The van der Waals surface area contributed by atoms with Crippen LogP contribution >= 0.6 is 11.6 Å². The van der Waals surface area contributed by atoms with Crippen LogP contribution in [0.3, 0.4) is 0 Å². The SMILES string of the molecule is CCN1C(=O)C(=O)c2cc(Cl)cnc21. The maximum Gasteiger partial charge on any atom is 0.300 e. The molecule has 0 N–H and O–H groups in total. The van der Waals surface area contributed by atoms with Gasteiger partial charge in [-0.2, -0.15) is 0 Å². The van der Waals surface area contributed by atoms with Crippen LogP contribution in [-0.4, -0.2) is 23.2 Å². The summed E-state index contributed by atoms with van der Waals surface area (Å²) in [7, 11) is 0. The van der Waals surface area contributed by atoms with Crippen LogP contribution < -0.4 is 4.90 Å². The molecule has 1 aliphatic heterocycles. The van der Waals surface area contributed by atoms with Gasteiger partial charge in [0.1, 0.15) is 5.82 Å². The molecule has 2 rings (SSSR count). The number of anilines is 1. The van der Waals surface area contributed by atoms with Gasteiger partial charge in [-0.3, -0.25) is 14.5 Å². The monoisotopic (exact) mass is 210 g/mol. The highest BCUT2D eigenvalue weighted by Crippen LogP contribution is 2.27. The largest absolute Gasteiger partial charge is 0.300 e. The zero-order chi connectivity index (χ0) is 10.3. The zero-order valence-corrected chi connectivity index (χ0v) is 8.21. The van der Waals surface area contributed by atoms with E-state index in [1.165, 1.54) is 17.2 Å². The van der Waals surface area contributed by atoms with Crippen LogP contribution in [0.2, 0.25) is 5.02 Å². The van der Waals surface area contributed by atoms with Crippen molar-refractivity contribution in [3.8, 4) is 0 Å². The van der Waals surface area contributed by atoms with E-state index >= 15 is 0 Å². The van der Waals surface area contributed by atoms with E-state index < -0.39 is 11.7 Å². The van der Waals surface area contributed by atoms with Crippen LogP contribution in [-0.2, 0) is 4.79 Å². The third-order valence-electron chi connectivity index (χ3n) is 2.09. The van der Waals surface area contributed by atoms with Crippen molar-refractivity contribution >= 4 is 29.1 Å². The summed E-state index contributed by atoms with van der Waals surface area (Å²) in [4.78, 5) is 28.1. The number of likely N-dealkylation sites (N-methyl/N-ethyl adjacent to an activating group) is 1. The number of carbonyl (C=O) groups is 2. The Hall–Kier alpha value is -1.42. The topological polar surface area (TPSA) is 50.3 Å². The first-order chi connectivity index (χ1) is 6.65. The lowest BCUT2D eigenvalue weighted by atomic mass is 10.2. The van der Waals surface area contributed by atoms with Gasteiger partial charge in [0.05, 0.1) is 10.6 Å². The number of hydrogen-bond donors (Lipinski definition) is 0. The standard InChI is InChI=1S/C9H7ClN2O2/c1-2-12-8-6(7(13)9(12)14)3-5(10)4-11-8/h3-4H,2H2,1H3. The number of pyridine rings is 1. The Morgan fingerprint density at radius 1 is 1.50 bits per heavy atom. The minimum atomic E-state index is -0.531. The lowest BCUT2D eigenvalue weighted by molar-refractivity contribution is -0.114. The van der Waals surface area contributed by atoms with Crippen molar-refractivity contribution in [1.82, 2.24) is 4.98 Å². The number of rotatable bonds is 1. The van der Waals surface area contributed by atoms with Gasteiger partial charge in [0.25, 0.3) is 5.78 Å². The number of halogens is 1. The number of amides is 1. The molecule has 0 spiro atoms. The number of nitrogens with zero attached hydrogens (tertiary/aromatic N) is 2. The number of Topliss-reactive ketones (excluding diaryl/α,β-unsaturated/α-hetero) is 1. The van der Waals surface area contributed by atoms with Crippen molar-refractivity contribution in [2.24, 2.45) is 0 Å². The quantitative estimate of drug-likeness (QED) is 0.657. The van der Waals surface area contributed by atoms with Crippen molar-refractivity contribution in [3.63, 3.8) is 0 Å². The van der Waals surface area contributed by atoms with Crippen molar-refractivity contribution in [3.05, 3.63) is 22.8 Å². The Bertz CT molecular complexity index is 431. The van der Waals surface area contributed by atoms with Gasteiger partial charge in [0.15, 0.2) is 0 Å². The fourth-order valence-corrected chi connectivity index (χ4v) is 1.60. The van der Waals surface area contributed by atoms with E-state index in [0.29, 0.717) is 22.9 Å². The molecule has 0 unspecified atom stereocenters. The van der Waals surface area contributed by atoms with Crippen molar-refractivity contribution < 1.29 is 9.59 Å². The molecular weight excluding hydrogens is 204 g/mol. The van der Waals surface area contributed by atoms with E-state index in [-0.39, 0.29) is 0 Å². The molecule has 0 fully saturated rings. The molecule has 0 bridgehead atoms. The molecule has 4 nitrogen and oxygen atoms in total. The summed E-state index contributed by atoms with van der Waals surface area (Å²) in [5.74, 6) is -0.652. The molecule has 14 heavy (non-hydrogen) atoms. The highest BCUT2D eigenvalue weighted by atomic mass is 35.5. The van der Waals surface area contributed by atoms with Crippen molar-refractivity contribution in [1.29, 1.82) is 0 Å². The minimum absolute atomic E-state index is 0.296. The maximum absolute atomic E-state index is 11.4. The van der Waals surface area contributed by atoms with Gasteiger partial charge < -0.3 is 0 Å². The number of hydrogen-bond acceptors (Lipinski definition) is 3. The van der Waals surface area contributed by atoms with Gasteiger partial charge in [0.2, 0.25) is 0 Å². The summed E-state index contributed by atoms with van der Waals surface area (Å²) in [6, 6.07) is 1.47. The van der Waals surface area contributed by atoms with Crippen LogP contribution in [0.15, 0.2) is 12.3 Å². The Kier molecular flexibility index (Phi) is 2.00. The first-order valence-electron chi connectivity index (χ1n) is 4.17. The van der Waals surface area contributed by atoms with Gasteiger partial charge in [-0.1, -0.05) is 11.6 Å². The predicted octanol–water partition coefficient (Wildman–Crippen LogP) is 1.28. The normalized spacial score (nSPS) is 14.9. The van der Waals surface area contributed by atoms with Gasteiger partial charge in [-0.25, -0.2) is 4.98 Å². The summed E-state index contributed by atoms with van der Waals surface area (Å²) in [6.45, 7) is 2.22. The Labute approximate surface area is 85.5 Å². The molecule has 0 aliphatic carbocycles. The van der Waals surface area contributed by atoms with Crippen LogP contribution in [0.1, 0.15) is 17.3 Å². The van der Waals surface area contributed by atoms with E-state index in [4.69, 9.17) is 11.6 Å². The summed E-state index contributed by atoms with van der Waals surface area (Å²) >= 11 is 5.68. The summed E-state index contributed by atoms with van der Waals surface area (Å²) < 4.78 is 0. The molecule has 2 heterocycles. The average molecular weight is 211 g/mol. The molecule has 1 aromatic heterocycles. The smallest absolute Gasteiger partial charge is 0.289 e. The fraction of sp³-hybridized carbons (Fsp3) is 0.222. The molecule has 0 radical (unpaired) electrons. The second-order valence-electron chi connectivity index (χ2n) is 2.90. The summed E-state index contributed by atoms with van der Waals surface area (Å²) in [5.41, 5.74) is 0.296. The second kappa shape index (κ2) is 3.06. The second-order valence-corrected chi connectivity index (χ2v) is 3.34. The van der Waals surface area contributed by atoms with Gasteiger partial charge in [-0.15, -0.1) is 0 Å². The van der Waals surface area contributed by atoms with Crippen molar-refractivity contribution in [2.45, 2.75) is 6.92 Å². The summed E-state index contributed by atoms with van der Waals surface area (Å²) in [5, 5.41) is 0.364. The Morgan fingerprint density at radius 2 is 2.21 bits per heavy atom. The van der Waals surface area contributed by atoms with E-state index in [2.05, 4.69) is 4.98 Å². The Balaban J connectivity index is 2.61. The maximum atomic E-state index is 11.4. The van der Waals surface area contributed by atoms with Gasteiger partial charge in [0, 0.05) is 12.7 Å². The molecule has 0 saturated heterocycles. The molecule has 0 saturated carbocycles.